The number of methoxy groups -OCH3 is 1. The van der Waals surface area contributed by atoms with E-state index in [4.69, 9.17) is 9.47 Å². The van der Waals surface area contributed by atoms with Crippen molar-refractivity contribution in [3.05, 3.63) is 48.0 Å². The van der Waals surface area contributed by atoms with Crippen LogP contribution in [0.3, 0.4) is 0 Å². The molecule has 3 unspecified atom stereocenters. The largest absolute Gasteiger partial charge is 0.478 e. The molecule has 7 heteroatoms. The predicted octanol–water partition coefficient (Wildman–Crippen LogP) is 6.87. The molecule has 2 aromatic heterocycles. The van der Waals surface area contributed by atoms with Crippen LogP contribution in [0.25, 0.3) is 22.0 Å². The molecule has 1 aliphatic carbocycles. The Labute approximate surface area is 219 Å². The molecule has 1 saturated carbocycles. The summed E-state index contributed by atoms with van der Waals surface area (Å²) in [5.41, 5.74) is 3.55. The van der Waals surface area contributed by atoms with Gasteiger partial charge in [0.15, 0.2) is 0 Å². The van der Waals surface area contributed by atoms with Crippen molar-refractivity contribution < 1.29 is 18.7 Å². The Kier molecular flexibility index (Phi) is 8.75. The molecule has 2 heterocycles. The summed E-state index contributed by atoms with van der Waals surface area (Å²) in [6.45, 7) is 8.48. The summed E-state index contributed by atoms with van der Waals surface area (Å²) >= 11 is 0. The van der Waals surface area contributed by atoms with E-state index in [2.05, 4.69) is 23.8 Å². The van der Waals surface area contributed by atoms with Crippen molar-refractivity contribution in [3.63, 3.8) is 0 Å². The molecule has 1 fully saturated rings. The smallest absolute Gasteiger partial charge is 0.224 e. The van der Waals surface area contributed by atoms with Crippen molar-refractivity contribution in [2.45, 2.75) is 78.4 Å². The SMILES string of the molecule is CCC(C)CCCOc1ccc(-c2ccc3ncc(C)c(N(C(C)=O)C4CCC(OC)C4)c3c2)c(F)n1. The van der Waals surface area contributed by atoms with Gasteiger partial charge in [0, 0.05) is 43.3 Å². The highest BCUT2D eigenvalue weighted by Crippen LogP contribution is 2.38. The van der Waals surface area contributed by atoms with Gasteiger partial charge < -0.3 is 14.4 Å². The number of rotatable bonds is 10. The van der Waals surface area contributed by atoms with Crippen molar-refractivity contribution in [3.8, 4) is 17.0 Å². The van der Waals surface area contributed by atoms with E-state index in [1.54, 1.807) is 32.4 Å². The van der Waals surface area contributed by atoms with Crippen molar-refractivity contribution >= 4 is 22.5 Å². The van der Waals surface area contributed by atoms with Gasteiger partial charge in [-0.1, -0.05) is 26.3 Å². The Hall–Kier alpha value is -3.06. The number of aromatic nitrogens is 2. The second-order valence-electron chi connectivity index (χ2n) is 10.2. The molecule has 3 atom stereocenters. The van der Waals surface area contributed by atoms with E-state index in [1.165, 1.54) is 0 Å². The van der Waals surface area contributed by atoms with Crippen LogP contribution in [0.5, 0.6) is 5.88 Å². The van der Waals surface area contributed by atoms with E-state index in [1.807, 2.05) is 30.0 Å². The van der Waals surface area contributed by atoms with Crippen LogP contribution in [-0.2, 0) is 9.53 Å². The van der Waals surface area contributed by atoms with Crippen LogP contribution in [-0.4, -0.2) is 41.7 Å². The lowest BCUT2D eigenvalue weighted by molar-refractivity contribution is -0.117. The number of anilines is 1. The van der Waals surface area contributed by atoms with Crippen LogP contribution < -0.4 is 9.64 Å². The molecule has 0 saturated heterocycles. The van der Waals surface area contributed by atoms with Crippen LogP contribution in [0.1, 0.15) is 64.9 Å². The molecule has 4 rings (SSSR count). The molecule has 0 bridgehead atoms. The first-order chi connectivity index (χ1) is 17.8. The monoisotopic (exact) mass is 507 g/mol. The maximum Gasteiger partial charge on any atom is 0.224 e. The highest BCUT2D eigenvalue weighted by molar-refractivity contribution is 6.04. The number of hydrogen-bond acceptors (Lipinski definition) is 5. The predicted molar refractivity (Wildman–Crippen MR) is 145 cm³/mol. The normalized spacial score (nSPS) is 18.2. The third-order valence-electron chi connectivity index (χ3n) is 7.58. The van der Waals surface area contributed by atoms with Crippen LogP contribution in [0.2, 0.25) is 0 Å². The number of benzene rings is 1. The molecule has 0 aliphatic heterocycles. The maximum absolute atomic E-state index is 15.1. The van der Waals surface area contributed by atoms with Crippen molar-refractivity contribution in [1.82, 2.24) is 9.97 Å². The molecule has 1 aromatic carbocycles. The summed E-state index contributed by atoms with van der Waals surface area (Å²) in [4.78, 5) is 23.4. The first kappa shape index (κ1) is 27.0. The van der Waals surface area contributed by atoms with Gasteiger partial charge in [-0.15, -0.1) is 0 Å². The molecule has 37 heavy (non-hydrogen) atoms. The molecule has 0 spiro atoms. The lowest BCUT2D eigenvalue weighted by atomic mass is 10.0. The molecule has 198 valence electrons. The summed E-state index contributed by atoms with van der Waals surface area (Å²) < 4.78 is 26.4. The van der Waals surface area contributed by atoms with Gasteiger partial charge in [-0.25, -0.2) is 0 Å². The Morgan fingerprint density at radius 2 is 2.05 bits per heavy atom. The fourth-order valence-corrected chi connectivity index (χ4v) is 5.25. The standard InChI is InChI=1S/C30H38FN3O3/c1-6-19(2)8-7-15-37-28-14-12-25(30(31)33-28)22-9-13-27-26(16-22)29(20(3)18-32-27)34(21(4)35)23-10-11-24(17-23)36-5/h9,12-14,16,18-19,23-24H,6-8,10-11,15,17H2,1-5H3. The van der Waals surface area contributed by atoms with Gasteiger partial charge in [-0.2, -0.15) is 9.37 Å². The fraction of sp³-hybridized carbons (Fsp3) is 0.500. The van der Waals surface area contributed by atoms with E-state index in [0.29, 0.717) is 29.5 Å². The van der Waals surface area contributed by atoms with Crippen LogP contribution in [0.4, 0.5) is 10.1 Å². The van der Waals surface area contributed by atoms with E-state index >= 15 is 4.39 Å². The summed E-state index contributed by atoms with van der Waals surface area (Å²) in [6.07, 6.45) is 7.66. The number of halogens is 1. The summed E-state index contributed by atoms with van der Waals surface area (Å²) in [5.74, 6) is 0.343. The highest BCUT2D eigenvalue weighted by Gasteiger charge is 2.33. The van der Waals surface area contributed by atoms with Crippen LogP contribution in [0.15, 0.2) is 36.5 Å². The number of ether oxygens (including phenoxy) is 2. The molecule has 0 N–H and O–H groups in total. The van der Waals surface area contributed by atoms with E-state index in [9.17, 15) is 4.79 Å². The molecule has 0 radical (unpaired) electrons. The lowest BCUT2D eigenvalue weighted by Gasteiger charge is -2.30. The first-order valence-electron chi connectivity index (χ1n) is 13.3. The topological polar surface area (TPSA) is 64.5 Å². The summed E-state index contributed by atoms with van der Waals surface area (Å²) in [7, 11) is 1.72. The number of carbonyl (C=O) groups is 1. The Morgan fingerprint density at radius 3 is 2.73 bits per heavy atom. The second-order valence-corrected chi connectivity index (χ2v) is 10.2. The quantitative estimate of drug-likeness (QED) is 0.221. The van der Waals surface area contributed by atoms with E-state index < -0.39 is 5.95 Å². The minimum atomic E-state index is -0.580. The second kappa shape index (κ2) is 12.0. The number of pyridine rings is 2. The molecule has 3 aromatic rings. The number of carbonyl (C=O) groups excluding carboxylic acids is 1. The number of nitrogens with zero attached hydrogens (tertiary/aromatic N) is 3. The lowest BCUT2D eigenvalue weighted by Crippen LogP contribution is -2.38. The average molecular weight is 508 g/mol. The van der Waals surface area contributed by atoms with Crippen molar-refractivity contribution in [2.24, 2.45) is 5.92 Å². The van der Waals surface area contributed by atoms with Crippen molar-refractivity contribution in [2.75, 3.05) is 18.6 Å². The van der Waals surface area contributed by atoms with Crippen LogP contribution in [0, 0.1) is 18.8 Å². The van der Waals surface area contributed by atoms with Gasteiger partial charge >= 0.3 is 0 Å². The van der Waals surface area contributed by atoms with Crippen molar-refractivity contribution in [1.29, 1.82) is 0 Å². The first-order valence-corrected chi connectivity index (χ1v) is 13.3. The third-order valence-corrected chi connectivity index (χ3v) is 7.58. The zero-order chi connectivity index (χ0) is 26.5. The van der Waals surface area contributed by atoms with Gasteiger partial charge in [0.05, 0.1) is 23.9 Å². The molecule has 6 nitrogen and oxygen atoms in total. The van der Waals surface area contributed by atoms with Gasteiger partial charge in [-0.3, -0.25) is 9.78 Å². The van der Waals surface area contributed by atoms with Crippen LogP contribution >= 0.6 is 0 Å². The van der Waals surface area contributed by atoms with E-state index in [-0.39, 0.29) is 18.1 Å². The Morgan fingerprint density at radius 1 is 1.24 bits per heavy atom. The zero-order valence-electron chi connectivity index (χ0n) is 22.6. The molecule has 1 aliphatic rings. The third kappa shape index (κ3) is 6.09. The number of hydrogen-bond donors (Lipinski definition) is 0. The minimum absolute atomic E-state index is 0.0227. The minimum Gasteiger partial charge on any atom is -0.478 e. The Balaban J connectivity index is 1.64. The molecular weight excluding hydrogens is 469 g/mol. The Bertz CT molecular complexity index is 1250. The average Bonchev–Trinajstić information content (AvgIpc) is 3.36. The molecular formula is C30H38FN3O3. The van der Waals surface area contributed by atoms with Gasteiger partial charge in [0.2, 0.25) is 17.7 Å². The summed E-state index contributed by atoms with van der Waals surface area (Å²) in [5, 5.41) is 0.818. The number of amides is 1. The highest BCUT2D eigenvalue weighted by atomic mass is 19.1. The zero-order valence-corrected chi connectivity index (χ0v) is 22.6. The number of fused-ring (bicyclic) bond motifs is 1. The fourth-order valence-electron chi connectivity index (χ4n) is 5.25. The van der Waals surface area contributed by atoms with E-state index in [0.717, 1.165) is 60.7 Å². The van der Waals surface area contributed by atoms with Gasteiger partial charge in [0.1, 0.15) is 0 Å². The van der Waals surface area contributed by atoms with Gasteiger partial charge in [-0.05, 0) is 74.3 Å². The van der Waals surface area contributed by atoms with Gasteiger partial charge in [0.25, 0.3) is 0 Å². The molecule has 1 amide bonds. The number of aryl methyl sites for hydroxylation is 1. The summed E-state index contributed by atoms with van der Waals surface area (Å²) in [6, 6.07) is 9.10. The maximum atomic E-state index is 15.1.